The molecule has 28 heavy (non-hydrogen) atoms. The molecule has 2 aliphatic rings. The van der Waals surface area contributed by atoms with Gasteiger partial charge in [0.2, 0.25) is 0 Å². The monoisotopic (exact) mass is 408 g/mol. The lowest BCUT2D eigenvalue weighted by Crippen LogP contribution is -2.45. The van der Waals surface area contributed by atoms with Gasteiger partial charge in [-0.25, -0.2) is 0 Å². The summed E-state index contributed by atoms with van der Waals surface area (Å²) in [6.45, 7) is 20.6. The van der Waals surface area contributed by atoms with Crippen molar-refractivity contribution >= 4 is 14.5 Å². The van der Waals surface area contributed by atoms with Crippen molar-refractivity contribution in [1.82, 2.24) is 5.01 Å². The first kappa shape index (κ1) is 23.5. The van der Waals surface area contributed by atoms with E-state index in [1.54, 1.807) is 7.11 Å². The second-order valence-electron chi connectivity index (χ2n) is 10.8. The second-order valence-corrected chi connectivity index (χ2v) is 15.3. The average Bonchev–Trinajstić information content (AvgIpc) is 3.02. The van der Waals surface area contributed by atoms with E-state index in [2.05, 4.69) is 71.9 Å². The summed E-state index contributed by atoms with van der Waals surface area (Å²) in [6, 6.07) is 0.422. The first-order valence-electron chi connectivity index (χ1n) is 11.1. The van der Waals surface area contributed by atoms with E-state index in [9.17, 15) is 0 Å². The van der Waals surface area contributed by atoms with Gasteiger partial charge in [-0.2, -0.15) is 5.10 Å². The molecule has 0 aromatic rings. The Kier molecular flexibility index (Phi) is 7.46. The molecule has 0 bridgehead atoms. The summed E-state index contributed by atoms with van der Waals surface area (Å²) in [5, 5.41) is 7.34. The van der Waals surface area contributed by atoms with E-state index in [1.165, 1.54) is 18.6 Å². The summed E-state index contributed by atoms with van der Waals surface area (Å²) < 4.78 is 12.1. The quantitative estimate of drug-likeness (QED) is 0.361. The van der Waals surface area contributed by atoms with Crippen LogP contribution in [0.1, 0.15) is 67.2 Å². The van der Waals surface area contributed by atoms with Crippen molar-refractivity contribution in [3.05, 3.63) is 11.8 Å². The van der Waals surface area contributed by atoms with E-state index in [4.69, 9.17) is 14.3 Å². The molecule has 1 fully saturated rings. The van der Waals surface area contributed by atoms with Gasteiger partial charge in [0.05, 0.1) is 18.4 Å². The number of methoxy groups -OCH3 is 1. The summed E-state index contributed by atoms with van der Waals surface area (Å²) in [5.74, 6) is 2.11. The molecule has 0 radical (unpaired) electrons. The molecular formula is C23H44N2O2Si. The number of nitrogens with zero attached hydrogens (tertiary/aromatic N) is 2. The molecular weight excluding hydrogens is 364 g/mol. The van der Waals surface area contributed by atoms with Crippen molar-refractivity contribution in [1.29, 1.82) is 0 Å². The lowest BCUT2D eigenvalue weighted by Gasteiger charge is -2.44. The van der Waals surface area contributed by atoms with Crippen molar-refractivity contribution in [2.45, 2.75) is 91.4 Å². The highest BCUT2D eigenvalue weighted by molar-refractivity contribution is 6.74. The van der Waals surface area contributed by atoms with Crippen molar-refractivity contribution in [2.75, 3.05) is 20.3 Å². The average molecular weight is 409 g/mol. The summed E-state index contributed by atoms with van der Waals surface area (Å²) >= 11 is 0. The van der Waals surface area contributed by atoms with Gasteiger partial charge in [0, 0.05) is 32.2 Å². The Morgan fingerprint density at radius 1 is 1.36 bits per heavy atom. The first-order chi connectivity index (χ1) is 12.9. The van der Waals surface area contributed by atoms with Crippen molar-refractivity contribution in [2.24, 2.45) is 22.4 Å². The smallest absolute Gasteiger partial charge is 0.250 e. The van der Waals surface area contributed by atoms with Gasteiger partial charge in [-0.15, -0.1) is 0 Å². The van der Waals surface area contributed by atoms with Crippen LogP contribution in [0.4, 0.5) is 0 Å². The predicted molar refractivity (Wildman–Crippen MR) is 122 cm³/mol. The molecule has 0 saturated carbocycles. The molecule has 1 aliphatic heterocycles. The molecule has 2 atom stereocenters. The summed E-state index contributed by atoms with van der Waals surface area (Å²) in [7, 11) is -0.0885. The molecule has 0 N–H and O–H groups in total. The van der Waals surface area contributed by atoms with E-state index in [1.807, 2.05) is 0 Å². The third-order valence-corrected chi connectivity index (χ3v) is 12.2. The van der Waals surface area contributed by atoms with E-state index >= 15 is 0 Å². The number of rotatable bonds is 8. The van der Waals surface area contributed by atoms with Crippen LogP contribution < -0.4 is 0 Å². The zero-order valence-corrected chi connectivity index (χ0v) is 20.8. The Morgan fingerprint density at radius 2 is 2.04 bits per heavy atom. The van der Waals surface area contributed by atoms with Crippen LogP contribution in [0.25, 0.3) is 0 Å². The van der Waals surface area contributed by atoms with Crippen LogP contribution in [0.3, 0.4) is 0 Å². The molecule has 0 aromatic carbocycles. The van der Waals surface area contributed by atoms with Gasteiger partial charge in [0.1, 0.15) is 0 Å². The maximum atomic E-state index is 6.76. The maximum Gasteiger partial charge on any atom is 0.250 e. The fourth-order valence-electron chi connectivity index (χ4n) is 4.10. The van der Waals surface area contributed by atoms with Gasteiger partial charge in [0.25, 0.3) is 8.32 Å². The Hall–Kier alpha value is -0.813. The minimum Gasteiger partial charge on any atom is -0.547 e. The lowest BCUT2D eigenvalue weighted by atomic mass is 9.72. The van der Waals surface area contributed by atoms with E-state index in [-0.39, 0.29) is 10.5 Å². The molecule has 0 spiro atoms. The first-order valence-corrected chi connectivity index (χ1v) is 14.0. The lowest BCUT2D eigenvalue weighted by molar-refractivity contribution is 0.117. The molecule has 0 amide bonds. The standard InChI is InChI=1S/C23H44N2O2Si/c1-18(2)23(5,6)28(8,9)27-21-12-13-22(3,4)19(15-21)16-24-25-14-10-11-20(25)17-26-7/h15-16,18-20H,10-14,17H2,1-9H3/b24-16+/t19-,20+/m1/s1. The molecule has 5 heteroatoms. The molecule has 1 aliphatic carbocycles. The van der Waals surface area contributed by atoms with Crippen molar-refractivity contribution in [3.63, 3.8) is 0 Å². The highest BCUT2D eigenvalue weighted by Gasteiger charge is 2.46. The number of hydrazone groups is 1. The topological polar surface area (TPSA) is 34.1 Å². The second kappa shape index (κ2) is 8.91. The predicted octanol–water partition coefficient (Wildman–Crippen LogP) is 6.06. The molecule has 2 rings (SSSR count). The normalized spacial score (nSPS) is 26.2. The third-order valence-electron chi connectivity index (χ3n) is 7.75. The minimum atomic E-state index is -1.87. The number of ether oxygens (including phenoxy) is 1. The molecule has 0 aromatic heterocycles. The van der Waals surface area contributed by atoms with Gasteiger partial charge >= 0.3 is 0 Å². The van der Waals surface area contributed by atoms with Crippen LogP contribution >= 0.6 is 0 Å². The van der Waals surface area contributed by atoms with Gasteiger partial charge < -0.3 is 9.16 Å². The summed E-state index contributed by atoms with van der Waals surface area (Å²) in [6.07, 6.45) is 9.08. The van der Waals surface area contributed by atoms with Crippen molar-refractivity contribution < 1.29 is 9.16 Å². The molecule has 0 unspecified atom stereocenters. The molecule has 162 valence electrons. The van der Waals surface area contributed by atoms with E-state index in [0.29, 0.717) is 17.9 Å². The number of hydrogen-bond donors (Lipinski definition) is 0. The zero-order valence-electron chi connectivity index (χ0n) is 19.8. The van der Waals surface area contributed by atoms with Gasteiger partial charge in [0.15, 0.2) is 0 Å². The van der Waals surface area contributed by atoms with Crippen LogP contribution in [0, 0.1) is 17.3 Å². The third kappa shape index (κ3) is 5.21. The van der Waals surface area contributed by atoms with Crippen LogP contribution in [-0.4, -0.2) is 45.8 Å². The van der Waals surface area contributed by atoms with Crippen LogP contribution in [0.15, 0.2) is 16.9 Å². The molecule has 1 heterocycles. The number of hydrogen-bond acceptors (Lipinski definition) is 4. The van der Waals surface area contributed by atoms with Crippen molar-refractivity contribution in [3.8, 4) is 0 Å². The molecule has 1 saturated heterocycles. The summed E-state index contributed by atoms with van der Waals surface area (Å²) in [4.78, 5) is 0. The largest absolute Gasteiger partial charge is 0.547 e. The van der Waals surface area contributed by atoms with Gasteiger partial charge in [-0.1, -0.05) is 41.5 Å². The summed E-state index contributed by atoms with van der Waals surface area (Å²) in [5.41, 5.74) is 0.214. The SMILES string of the molecule is COC[C@@H]1CCCN1/N=C/[C@H]1C=C(O[Si](C)(C)C(C)(C)C(C)C)CCC1(C)C. The molecule has 4 nitrogen and oxygen atoms in total. The zero-order chi connectivity index (χ0) is 21.2. The van der Waals surface area contributed by atoms with Crippen LogP contribution in [-0.2, 0) is 9.16 Å². The Balaban J connectivity index is 2.16. The fraction of sp³-hybridized carbons (Fsp3) is 0.870. The van der Waals surface area contributed by atoms with Crippen LogP contribution in [0.2, 0.25) is 18.1 Å². The van der Waals surface area contributed by atoms with E-state index < -0.39 is 8.32 Å². The van der Waals surface area contributed by atoms with Crippen LogP contribution in [0.5, 0.6) is 0 Å². The Morgan fingerprint density at radius 3 is 2.64 bits per heavy atom. The minimum absolute atomic E-state index is 0.214. The highest BCUT2D eigenvalue weighted by Crippen LogP contribution is 2.47. The van der Waals surface area contributed by atoms with Gasteiger partial charge in [-0.3, -0.25) is 5.01 Å². The fourth-order valence-corrected chi connectivity index (χ4v) is 6.58. The number of allylic oxidation sites excluding steroid dienone is 2. The Bertz CT molecular complexity index is 581. The van der Waals surface area contributed by atoms with E-state index in [0.717, 1.165) is 26.0 Å². The highest BCUT2D eigenvalue weighted by atomic mass is 28.4. The van der Waals surface area contributed by atoms with Gasteiger partial charge in [-0.05, 0) is 54.8 Å². The Labute approximate surface area is 174 Å². The maximum absolute atomic E-state index is 6.76.